The summed E-state index contributed by atoms with van der Waals surface area (Å²) in [7, 11) is 4.41. The van der Waals surface area contributed by atoms with Crippen LogP contribution in [0.1, 0.15) is 20.3 Å². The molecule has 0 aliphatic carbocycles. The minimum atomic E-state index is 0.132. The van der Waals surface area contributed by atoms with E-state index in [0.29, 0.717) is 0 Å². The topological polar surface area (TPSA) is 3.24 Å². The number of hydrogen-bond donors (Lipinski definition) is 0. The molecule has 0 radical (unpaired) electrons. The summed E-state index contributed by atoms with van der Waals surface area (Å²) in [5.41, 5.74) is 3.96. The standard InChI is InChI=1S/C9H21NSi/c1-9(2)8-11-7-5-6-10(3)4/h8H,5-7,11H2,1-4H3. The number of allylic oxidation sites excluding steroid dienone is 1. The van der Waals surface area contributed by atoms with Gasteiger partial charge in [-0.3, -0.25) is 0 Å². The quantitative estimate of drug-likeness (QED) is 0.447. The normalized spacial score (nSPS) is 11.4. The maximum atomic E-state index is 2.45. The van der Waals surface area contributed by atoms with Crippen LogP contribution in [0.5, 0.6) is 0 Å². The van der Waals surface area contributed by atoms with Crippen molar-refractivity contribution in [3.63, 3.8) is 0 Å². The molecule has 1 nitrogen and oxygen atoms in total. The van der Waals surface area contributed by atoms with E-state index in [4.69, 9.17) is 0 Å². The largest absolute Gasteiger partial charge is 0.309 e. The smallest absolute Gasteiger partial charge is 0.0453 e. The van der Waals surface area contributed by atoms with Crippen LogP contribution in [0.2, 0.25) is 6.04 Å². The summed E-state index contributed by atoms with van der Waals surface area (Å²) in [6.07, 6.45) is 1.38. The van der Waals surface area contributed by atoms with Gasteiger partial charge in [0.15, 0.2) is 0 Å². The molecule has 0 aromatic rings. The molecule has 0 aliphatic heterocycles. The molecule has 0 saturated heterocycles. The molecule has 0 amide bonds. The Bertz CT molecular complexity index is 115. The Morgan fingerprint density at radius 2 is 2.00 bits per heavy atom. The lowest BCUT2D eigenvalue weighted by atomic mass is 10.4. The number of nitrogens with zero attached hydrogens (tertiary/aromatic N) is 1. The highest BCUT2D eigenvalue weighted by Crippen LogP contribution is 1.93. The van der Waals surface area contributed by atoms with Crippen LogP contribution in [0.3, 0.4) is 0 Å². The van der Waals surface area contributed by atoms with Crippen molar-refractivity contribution in [3.8, 4) is 0 Å². The Morgan fingerprint density at radius 1 is 1.36 bits per heavy atom. The molecular formula is C9H21NSi. The molecule has 0 spiro atoms. The van der Waals surface area contributed by atoms with Crippen LogP contribution in [0.4, 0.5) is 0 Å². The van der Waals surface area contributed by atoms with Gasteiger partial charge in [0.1, 0.15) is 0 Å². The van der Waals surface area contributed by atoms with Crippen LogP contribution >= 0.6 is 0 Å². The number of hydrogen-bond acceptors (Lipinski definition) is 1. The van der Waals surface area contributed by atoms with E-state index in [0.717, 1.165) is 0 Å². The average molecular weight is 171 g/mol. The molecule has 0 bridgehead atoms. The Kier molecular flexibility index (Phi) is 6.57. The Hall–Kier alpha value is -0.0831. The monoisotopic (exact) mass is 171 g/mol. The summed E-state index contributed by atoms with van der Waals surface area (Å²) in [5, 5.41) is 0. The van der Waals surface area contributed by atoms with E-state index in [1.807, 2.05) is 0 Å². The molecule has 0 N–H and O–H groups in total. The van der Waals surface area contributed by atoms with Crippen molar-refractivity contribution in [2.75, 3.05) is 20.6 Å². The second-order valence-corrected chi connectivity index (χ2v) is 5.27. The van der Waals surface area contributed by atoms with Crippen molar-refractivity contribution < 1.29 is 0 Å². The second kappa shape index (κ2) is 6.62. The first kappa shape index (κ1) is 10.9. The highest BCUT2D eigenvalue weighted by molar-refractivity contribution is 6.42. The minimum Gasteiger partial charge on any atom is -0.309 e. The number of rotatable bonds is 5. The molecular weight excluding hydrogens is 150 g/mol. The molecule has 66 valence electrons. The predicted molar refractivity (Wildman–Crippen MR) is 56.0 cm³/mol. The van der Waals surface area contributed by atoms with Crippen LogP contribution in [-0.4, -0.2) is 35.1 Å². The summed E-state index contributed by atoms with van der Waals surface area (Å²) in [5.74, 6) is 0. The fourth-order valence-electron chi connectivity index (χ4n) is 0.963. The zero-order valence-corrected chi connectivity index (χ0v) is 9.77. The summed E-state index contributed by atoms with van der Waals surface area (Å²) in [6.45, 7) is 5.64. The van der Waals surface area contributed by atoms with E-state index >= 15 is 0 Å². The SMILES string of the molecule is CC(C)=C[SiH2]CCCN(C)C. The van der Waals surface area contributed by atoms with Crippen LogP contribution in [0.15, 0.2) is 11.3 Å². The molecule has 0 rings (SSSR count). The van der Waals surface area contributed by atoms with Crippen LogP contribution < -0.4 is 0 Å². The maximum absolute atomic E-state index is 2.45. The summed E-state index contributed by atoms with van der Waals surface area (Å²) < 4.78 is 0. The lowest BCUT2D eigenvalue weighted by molar-refractivity contribution is 0.408. The Balaban J connectivity index is 3.09. The van der Waals surface area contributed by atoms with E-state index in [-0.39, 0.29) is 9.52 Å². The van der Waals surface area contributed by atoms with Crippen LogP contribution in [-0.2, 0) is 0 Å². The van der Waals surface area contributed by atoms with Crippen molar-refractivity contribution >= 4 is 9.52 Å². The lowest BCUT2D eigenvalue weighted by Crippen LogP contribution is -2.13. The first-order valence-electron chi connectivity index (χ1n) is 4.41. The van der Waals surface area contributed by atoms with Crippen molar-refractivity contribution in [1.82, 2.24) is 4.90 Å². The summed E-state index contributed by atoms with van der Waals surface area (Å²) in [6, 6.07) is 1.46. The van der Waals surface area contributed by atoms with Crippen molar-refractivity contribution in [2.45, 2.75) is 26.3 Å². The average Bonchev–Trinajstić information content (AvgIpc) is 1.85. The summed E-state index contributed by atoms with van der Waals surface area (Å²) >= 11 is 0. The lowest BCUT2D eigenvalue weighted by Gasteiger charge is -2.07. The third-order valence-corrected chi connectivity index (χ3v) is 3.63. The molecule has 0 heterocycles. The van der Waals surface area contributed by atoms with E-state index in [1.54, 1.807) is 0 Å². The minimum absolute atomic E-state index is 0.132. The molecule has 0 saturated carbocycles. The molecule has 0 fully saturated rings. The van der Waals surface area contributed by atoms with Gasteiger partial charge in [0.2, 0.25) is 0 Å². The summed E-state index contributed by atoms with van der Waals surface area (Å²) in [4.78, 5) is 2.26. The van der Waals surface area contributed by atoms with Crippen molar-refractivity contribution in [2.24, 2.45) is 0 Å². The van der Waals surface area contributed by atoms with Gasteiger partial charge in [-0.25, -0.2) is 0 Å². The highest BCUT2D eigenvalue weighted by Gasteiger charge is 1.89. The first-order chi connectivity index (χ1) is 5.13. The van der Waals surface area contributed by atoms with Gasteiger partial charge in [-0.1, -0.05) is 11.6 Å². The van der Waals surface area contributed by atoms with Gasteiger partial charge >= 0.3 is 0 Å². The van der Waals surface area contributed by atoms with Gasteiger partial charge < -0.3 is 4.90 Å². The molecule has 0 aromatic heterocycles. The molecule has 0 aliphatic rings. The zero-order valence-electron chi connectivity index (χ0n) is 8.35. The van der Waals surface area contributed by atoms with Gasteiger partial charge in [-0.05, 0) is 40.9 Å². The first-order valence-corrected chi connectivity index (χ1v) is 6.22. The predicted octanol–water partition coefficient (Wildman–Crippen LogP) is 1.45. The van der Waals surface area contributed by atoms with E-state index < -0.39 is 0 Å². The Morgan fingerprint density at radius 3 is 2.45 bits per heavy atom. The Labute approximate surface area is 73.3 Å². The zero-order chi connectivity index (χ0) is 8.69. The van der Waals surface area contributed by atoms with E-state index in [2.05, 4.69) is 38.5 Å². The van der Waals surface area contributed by atoms with Crippen molar-refractivity contribution in [1.29, 1.82) is 0 Å². The molecule has 0 aromatic carbocycles. The maximum Gasteiger partial charge on any atom is 0.0453 e. The fraction of sp³-hybridized carbons (Fsp3) is 0.778. The molecule has 0 unspecified atom stereocenters. The third kappa shape index (κ3) is 9.92. The van der Waals surface area contributed by atoms with Gasteiger partial charge in [0.25, 0.3) is 0 Å². The third-order valence-electron chi connectivity index (χ3n) is 1.61. The molecule has 2 heteroatoms. The highest BCUT2D eigenvalue weighted by atomic mass is 28.2. The fourth-order valence-corrected chi connectivity index (χ4v) is 2.26. The second-order valence-electron chi connectivity index (χ2n) is 3.58. The van der Waals surface area contributed by atoms with Gasteiger partial charge in [-0.15, -0.1) is 5.70 Å². The molecule has 11 heavy (non-hydrogen) atoms. The van der Waals surface area contributed by atoms with Gasteiger partial charge in [-0.2, -0.15) is 0 Å². The van der Waals surface area contributed by atoms with E-state index in [9.17, 15) is 0 Å². The van der Waals surface area contributed by atoms with Gasteiger partial charge in [0.05, 0.1) is 0 Å². The molecule has 0 atom stereocenters. The van der Waals surface area contributed by atoms with E-state index in [1.165, 1.54) is 24.6 Å². The van der Waals surface area contributed by atoms with Gasteiger partial charge in [0, 0.05) is 9.52 Å². The van der Waals surface area contributed by atoms with Crippen LogP contribution in [0, 0.1) is 0 Å². The van der Waals surface area contributed by atoms with Crippen molar-refractivity contribution in [3.05, 3.63) is 11.3 Å². The van der Waals surface area contributed by atoms with Crippen LogP contribution in [0.25, 0.3) is 0 Å².